The van der Waals surface area contributed by atoms with Crippen LogP contribution < -0.4 is 35.9 Å². The van der Waals surface area contributed by atoms with Crippen molar-refractivity contribution in [2.45, 2.75) is 20.5 Å². The van der Waals surface area contributed by atoms with Gasteiger partial charge in [0, 0.05) is 24.3 Å². The number of pyridine rings is 1. The molecule has 0 saturated heterocycles. The number of aromatic nitrogens is 1. The average Bonchev–Trinajstić information content (AvgIpc) is 3.16. The van der Waals surface area contributed by atoms with Crippen LogP contribution in [0.4, 0.5) is 21.9 Å². The first-order valence-corrected chi connectivity index (χ1v) is 15.4. The molecule has 5 N–H and O–H groups in total. The van der Waals surface area contributed by atoms with E-state index in [4.69, 9.17) is 18.9 Å². The number of amides is 2. The second kappa shape index (κ2) is 19.4. The molecular weight excluding hydrogens is 624 g/mol. The van der Waals surface area contributed by atoms with Crippen LogP contribution in [0.15, 0.2) is 97.2 Å². The number of nitrogens with two attached hydrogens (primary N) is 1. The predicted molar refractivity (Wildman–Crippen MR) is 191 cm³/mol. The minimum Gasteiger partial charge on any atom is -0.495 e. The summed E-state index contributed by atoms with van der Waals surface area (Å²) in [6, 6.07) is 29.1. The lowest BCUT2D eigenvalue weighted by atomic mass is 10.1. The molecule has 0 aliphatic carbocycles. The van der Waals surface area contributed by atoms with Crippen LogP contribution in [-0.4, -0.2) is 44.8 Å². The summed E-state index contributed by atoms with van der Waals surface area (Å²) in [5.74, 6) is 1.52. The van der Waals surface area contributed by atoms with Gasteiger partial charge in [0.05, 0.1) is 29.6 Å². The molecule has 1 aromatic heterocycles. The number of hydrogen-bond acceptors (Lipinski definition) is 10. The number of ether oxygens (including phenoxy) is 4. The van der Waals surface area contributed by atoms with Crippen LogP contribution >= 0.6 is 0 Å². The van der Waals surface area contributed by atoms with Crippen LogP contribution in [0.3, 0.4) is 0 Å². The van der Waals surface area contributed by atoms with Crippen LogP contribution in [0.2, 0.25) is 0 Å². The van der Waals surface area contributed by atoms with Crippen molar-refractivity contribution >= 4 is 40.0 Å². The van der Waals surface area contributed by atoms with Gasteiger partial charge in [0.25, 0.3) is 5.91 Å². The Balaban J connectivity index is 0.00000157. The van der Waals surface area contributed by atoms with Crippen molar-refractivity contribution in [3.05, 3.63) is 108 Å². The van der Waals surface area contributed by atoms with Crippen molar-refractivity contribution in [2.75, 3.05) is 38.4 Å². The fraction of sp³-hybridized carbons (Fsp3) is 0.189. The largest absolute Gasteiger partial charge is 0.495 e. The van der Waals surface area contributed by atoms with E-state index < -0.39 is 6.09 Å². The van der Waals surface area contributed by atoms with Crippen LogP contribution in [0.25, 0.3) is 10.9 Å². The third kappa shape index (κ3) is 10.3. The number of benzene rings is 4. The van der Waals surface area contributed by atoms with E-state index in [-0.39, 0.29) is 19.1 Å². The maximum atomic E-state index is 12.5. The van der Waals surface area contributed by atoms with Gasteiger partial charge in [0.2, 0.25) is 0 Å². The molecule has 4 aromatic carbocycles. The monoisotopic (exact) mass is 664 g/mol. The maximum absolute atomic E-state index is 12.5. The minimum absolute atomic E-state index is 0.113. The number of nitriles is 1. The number of likely N-dealkylation sites (N-methyl/N-ethyl adjacent to an activating group) is 1. The van der Waals surface area contributed by atoms with E-state index in [9.17, 15) is 14.9 Å². The Morgan fingerprint density at radius 1 is 0.898 bits per heavy atom. The van der Waals surface area contributed by atoms with Gasteiger partial charge >= 0.3 is 6.09 Å². The van der Waals surface area contributed by atoms with Gasteiger partial charge in [-0.2, -0.15) is 5.26 Å². The Morgan fingerprint density at radius 2 is 1.57 bits per heavy atom. The lowest BCUT2D eigenvalue weighted by Crippen LogP contribution is -2.24. The number of fused-ring (bicyclic) bond motifs is 1. The molecule has 0 spiro atoms. The van der Waals surface area contributed by atoms with E-state index >= 15 is 0 Å². The molecule has 0 radical (unpaired) electrons. The highest BCUT2D eigenvalue weighted by atomic mass is 16.5. The molecule has 2 amide bonds. The molecule has 12 nitrogen and oxygen atoms in total. The summed E-state index contributed by atoms with van der Waals surface area (Å²) < 4.78 is 22.5. The van der Waals surface area contributed by atoms with Gasteiger partial charge in [-0.25, -0.2) is 4.79 Å². The van der Waals surface area contributed by atoms with Gasteiger partial charge in [-0.3, -0.25) is 15.1 Å². The highest BCUT2D eigenvalue weighted by Crippen LogP contribution is 2.37. The molecule has 0 aliphatic rings. The molecule has 0 saturated carbocycles. The van der Waals surface area contributed by atoms with Gasteiger partial charge in [0.15, 0.2) is 18.1 Å². The van der Waals surface area contributed by atoms with Crippen LogP contribution in [0, 0.1) is 11.3 Å². The minimum atomic E-state index is -0.647. The number of nitrogens with zero attached hydrogens (tertiary/aromatic N) is 2. The molecule has 0 atom stereocenters. The third-order valence-corrected chi connectivity index (χ3v) is 6.60. The second-order valence-electron chi connectivity index (χ2n) is 9.58. The zero-order chi connectivity index (χ0) is 35.6. The van der Waals surface area contributed by atoms with E-state index in [0.717, 1.165) is 5.56 Å². The summed E-state index contributed by atoms with van der Waals surface area (Å²) >= 11 is 0. The van der Waals surface area contributed by atoms with Gasteiger partial charge in [-0.1, -0.05) is 56.3 Å². The Hall–Kier alpha value is -6.32. The lowest BCUT2D eigenvalue weighted by molar-refractivity contribution is -0.122. The molecule has 49 heavy (non-hydrogen) atoms. The number of para-hydroxylation sites is 2. The molecular formula is C37H40N6O6. The van der Waals surface area contributed by atoms with Crippen molar-refractivity contribution < 1.29 is 28.5 Å². The topological polar surface area (TPSA) is 170 Å². The first-order valence-electron chi connectivity index (χ1n) is 15.4. The van der Waals surface area contributed by atoms with Crippen molar-refractivity contribution in [2.24, 2.45) is 5.73 Å². The van der Waals surface area contributed by atoms with Gasteiger partial charge in [-0.15, -0.1) is 0 Å². The van der Waals surface area contributed by atoms with Crippen LogP contribution in [-0.2, 0) is 16.1 Å². The van der Waals surface area contributed by atoms with Gasteiger partial charge in [0.1, 0.15) is 24.2 Å². The third-order valence-electron chi connectivity index (χ3n) is 6.60. The highest BCUT2D eigenvalue weighted by molar-refractivity contribution is 6.00. The number of hydrogen-bond donors (Lipinski definition) is 4. The molecule has 0 unspecified atom stereocenters. The fourth-order valence-electron chi connectivity index (χ4n) is 4.32. The first kappa shape index (κ1) is 37.1. The van der Waals surface area contributed by atoms with E-state index in [0.29, 0.717) is 56.5 Å². The van der Waals surface area contributed by atoms with Gasteiger partial charge < -0.3 is 35.3 Å². The SMILES string of the molecule is CC.CN.CNC(=O)COc1ccccc1Oc1ccc(Nc2c(C#N)cnc3cc(NC(=O)OCc4ccccc4)c(OC)cc23)cc1. The van der Waals surface area contributed by atoms with Crippen LogP contribution in [0.1, 0.15) is 25.0 Å². The summed E-state index contributed by atoms with van der Waals surface area (Å²) in [5.41, 5.74) is 7.75. The second-order valence-corrected chi connectivity index (χ2v) is 9.58. The molecule has 1 heterocycles. The van der Waals surface area contributed by atoms with Crippen molar-refractivity contribution in [1.82, 2.24) is 10.3 Å². The smallest absolute Gasteiger partial charge is 0.412 e. The number of carbonyl (C=O) groups is 2. The zero-order valence-corrected chi connectivity index (χ0v) is 28.1. The normalized spacial score (nSPS) is 9.73. The summed E-state index contributed by atoms with van der Waals surface area (Å²) in [6.45, 7) is 3.98. The summed E-state index contributed by atoms with van der Waals surface area (Å²) in [4.78, 5) is 28.6. The number of methoxy groups -OCH3 is 1. The number of nitrogens with one attached hydrogen (secondary N) is 3. The van der Waals surface area contributed by atoms with E-state index in [2.05, 4.69) is 32.7 Å². The molecule has 5 aromatic rings. The lowest BCUT2D eigenvalue weighted by Gasteiger charge is -2.16. The Bertz CT molecular complexity index is 1860. The van der Waals surface area contributed by atoms with Gasteiger partial charge in [-0.05, 0) is 61.1 Å². The maximum Gasteiger partial charge on any atom is 0.412 e. The van der Waals surface area contributed by atoms with Crippen molar-refractivity contribution in [1.29, 1.82) is 5.26 Å². The first-order chi connectivity index (χ1) is 24.0. The number of anilines is 3. The number of carbonyl (C=O) groups excluding carboxylic acids is 2. The highest BCUT2D eigenvalue weighted by Gasteiger charge is 2.16. The Kier molecular flexibility index (Phi) is 14.7. The standard InChI is InChI=1S/C34H29N5O6.C2H6.CH5N/c1-36-32(40)21-43-29-10-6-7-11-30(29)45-25-14-12-24(13-15-25)38-33-23(18-35)19-37-27-17-28(31(42-2)16-26(27)33)39-34(41)44-20-22-8-4-3-5-9-22;2*1-2/h3-17,19H,20-21H2,1-2H3,(H,36,40)(H,37,38)(H,39,41);1-2H3;2H2,1H3. The van der Waals surface area contributed by atoms with E-state index in [1.807, 2.05) is 44.2 Å². The summed E-state index contributed by atoms with van der Waals surface area (Å²) in [7, 11) is 4.52. The van der Waals surface area contributed by atoms with Crippen LogP contribution in [0.5, 0.6) is 23.0 Å². The van der Waals surface area contributed by atoms with Crippen molar-refractivity contribution in [3.63, 3.8) is 0 Å². The molecule has 5 rings (SSSR count). The summed E-state index contributed by atoms with van der Waals surface area (Å²) in [5, 5.41) is 19.0. The molecule has 254 valence electrons. The van der Waals surface area contributed by atoms with Crippen molar-refractivity contribution in [3.8, 4) is 29.1 Å². The quantitative estimate of drug-likeness (QED) is 0.114. The van der Waals surface area contributed by atoms with E-state index in [1.54, 1.807) is 60.7 Å². The average molecular weight is 665 g/mol. The fourth-order valence-corrected chi connectivity index (χ4v) is 4.32. The summed E-state index contributed by atoms with van der Waals surface area (Å²) in [6.07, 6.45) is 0.813. The molecule has 0 aliphatic heterocycles. The molecule has 0 fully saturated rings. The molecule has 12 heteroatoms. The number of rotatable bonds is 11. The molecule has 0 bridgehead atoms. The Labute approximate surface area is 285 Å². The zero-order valence-electron chi connectivity index (χ0n) is 28.1. The van der Waals surface area contributed by atoms with E-state index in [1.165, 1.54) is 27.4 Å². The Morgan fingerprint density at radius 3 is 2.22 bits per heavy atom. The predicted octanol–water partition coefficient (Wildman–Crippen LogP) is 7.13.